The molecule has 1 fully saturated rings. The van der Waals surface area contributed by atoms with Crippen LogP contribution in [0.5, 0.6) is 11.5 Å². The van der Waals surface area contributed by atoms with Crippen LogP contribution >= 0.6 is 23.2 Å². The Morgan fingerprint density at radius 1 is 1.11 bits per heavy atom. The van der Waals surface area contributed by atoms with E-state index < -0.39 is 0 Å². The molecular formula is C20H24Cl2N2O3. The van der Waals surface area contributed by atoms with Gasteiger partial charge in [-0.3, -0.25) is 0 Å². The number of halogens is 2. The molecule has 5 nitrogen and oxygen atoms in total. The molecule has 2 aromatic rings. The monoisotopic (exact) mass is 410 g/mol. The van der Waals surface area contributed by atoms with Crippen LogP contribution in [0, 0.1) is 0 Å². The molecule has 0 bridgehead atoms. The third-order valence-corrected chi connectivity index (χ3v) is 4.95. The molecule has 0 unspecified atom stereocenters. The molecule has 2 aromatic carbocycles. The fourth-order valence-electron chi connectivity index (χ4n) is 3.07. The molecule has 1 N–H and O–H groups in total. The molecule has 0 amide bonds. The van der Waals surface area contributed by atoms with E-state index in [-0.39, 0.29) is 0 Å². The maximum absolute atomic E-state index is 6.50. The number of anilines is 2. The van der Waals surface area contributed by atoms with E-state index in [4.69, 9.17) is 37.4 Å². The third-order valence-electron chi connectivity index (χ3n) is 4.37. The number of nitrogens with one attached hydrogen (secondary N) is 1. The van der Waals surface area contributed by atoms with Gasteiger partial charge in [0.1, 0.15) is 0 Å². The van der Waals surface area contributed by atoms with E-state index in [2.05, 4.69) is 10.2 Å². The van der Waals surface area contributed by atoms with Crippen molar-refractivity contribution in [1.29, 1.82) is 0 Å². The summed E-state index contributed by atoms with van der Waals surface area (Å²) in [5.74, 6) is 1.20. The van der Waals surface area contributed by atoms with E-state index in [9.17, 15) is 0 Å². The molecule has 146 valence electrons. The van der Waals surface area contributed by atoms with Gasteiger partial charge >= 0.3 is 0 Å². The summed E-state index contributed by atoms with van der Waals surface area (Å²) in [7, 11) is 1.58. The van der Waals surface area contributed by atoms with Crippen molar-refractivity contribution >= 4 is 34.6 Å². The summed E-state index contributed by atoms with van der Waals surface area (Å²) in [5, 5.41) is 4.64. The van der Waals surface area contributed by atoms with Crippen LogP contribution in [0.15, 0.2) is 30.3 Å². The number of nitrogens with zero attached hydrogens (tertiary/aromatic N) is 1. The standard InChI is InChI=1S/C20H24Cl2N2O3/c1-3-27-19-11-14(10-17(22)20(19)25-2)13-23-15-4-5-18(16(21)12-15)24-6-8-26-9-7-24/h4-5,10-12,23H,3,6-9,13H2,1-2H3. The summed E-state index contributed by atoms with van der Waals surface area (Å²) >= 11 is 12.8. The number of rotatable bonds is 7. The molecule has 0 atom stereocenters. The Hall–Kier alpha value is -1.82. The first-order chi connectivity index (χ1) is 13.1. The summed E-state index contributed by atoms with van der Waals surface area (Å²) in [5.41, 5.74) is 2.98. The molecule has 27 heavy (non-hydrogen) atoms. The van der Waals surface area contributed by atoms with Gasteiger partial charge in [-0.15, -0.1) is 0 Å². The lowest BCUT2D eigenvalue weighted by Crippen LogP contribution is -2.36. The van der Waals surface area contributed by atoms with Gasteiger partial charge in [-0.05, 0) is 42.8 Å². The minimum Gasteiger partial charge on any atom is -0.491 e. The highest BCUT2D eigenvalue weighted by molar-refractivity contribution is 6.33. The van der Waals surface area contributed by atoms with E-state index >= 15 is 0 Å². The molecule has 0 aromatic heterocycles. The van der Waals surface area contributed by atoms with Crippen LogP contribution in [0.3, 0.4) is 0 Å². The number of morpholine rings is 1. The van der Waals surface area contributed by atoms with Crippen LogP contribution in [0.25, 0.3) is 0 Å². The number of ether oxygens (including phenoxy) is 3. The number of methoxy groups -OCH3 is 1. The maximum Gasteiger partial charge on any atom is 0.179 e. The largest absolute Gasteiger partial charge is 0.491 e. The quantitative estimate of drug-likeness (QED) is 0.706. The highest BCUT2D eigenvalue weighted by atomic mass is 35.5. The Bertz CT molecular complexity index is 780. The van der Waals surface area contributed by atoms with Gasteiger partial charge in [0.05, 0.1) is 42.7 Å². The van der Waals surface area contributed by atoms with Crippen LogP contribution < -0.4 is 19.7 Å². The van der Waals surface area contributed by atoms with Crippen LogP contribution in [-0.4, -0.2) is 40.0 Å². The van der Waals surface area contributed by atoms with Crippen LogP contribution in [0.4, 0.5) is 11.4 Å². The number of hydrogen-bond acceptors (Lipinski definition) is 5. The zero-order chi connectivity index (χ0) is 19.2. The van der Waals surface area contributed by atoms with Gasteiger partial charge in [0.2, 0.25) is 0 Å². The predicted molar refractivity (Wildman–Crippen MR) is 111 cm³/mol. The third kappa shape index (κ3) is 4.92. The summed E-state index contributed by atoms with van der Waals surface area (Å²) in [6.07, 6.45) is 0. The van der Waals surface area contributed by atoms with Crippen LogP contribution in [0.1, 0.15) is 12.5 Å². The van der Waals surface area contributed by atoms with Gasteiger partial charge in [0.15, 0.2) is 11.5 Å². The molecule has 0 saturated carbocycles. The Kier molecular flexibility index (Phi) is 6.94. The summed E-state index contributed by atoms with van der Waals surface area (Å²) < 4.78 is 16.4. The lowest BCUT2D eigenvalue weighted by Gasteiger charge is -2.29. The highest BCUT2D eigenvalue weighted by Crippen LogP contribution is 2.36. The van der Waals surface area contributed by atoms with Crippen molar-refractivity contribution < 1.29 is 14.2 Å². The smallest absolute Gasteiger partial charge is 0.179 e. The van der Waals surface area contributed by atoms with Gasteiger partial charge in [0.25, 0.3) is 0 Å². The van der Waals surface area contributed by atoms with Gasteiger partial charge < -0.3 is 24.4 Å². The molecule has 1 saturated heterocycles. The van der Waals surface area contributed by atoms with E-state index in [0.717, 1.165) is 48.3 Å². The molecule has 1 aliphatic rings. The lowest BCUT2D eigenvalue weighted by atomic mass is 10.2. The summed E-state index contributed by atoms with van der Waals surface area (Å²) in [4.78, 5) is 2.24. The maximum atomic E-state index is 6.50. The fourth-order valence-corrected chi connectivity index (χ4v) is 3.68. The number of benzene rings is 2. The molecule has 3 rings (SSSR count). The fraction of sp³-hybridized carbons (Fsp3) is 0.400. The van der Waals surface area contributed by atoms with Crippen LogP contribution in [0.2, 0.25) is 10.0 Å². The van der Waals surface area contributed by atoms with Gasteiger partial charge in [-0.1, -0.05) is 23.2 Å². The van der Waals surface area contributed by atoms with E-state index in [0.29, 0.717) is 29.7 Å². The molecule has 0 spiro atoms. The summed E-state index contributed by atoms with van der Waals surface area (Å²) in [6, 6.07) is 9.83. The minimum atomic E-state index is 0.529. The molecule has 1 heterocycles. The van der Waals surface area contributed by atoms with Crippen molar-refractivity contribution in [3.63, 3.8) is 0 Å². The van der Waals surface area contributed by atoms with Crippen molar-refractivity contribution in [3.8, 4) is 11.5 Å². The Labute approximate surface area is 170 Å². The van der Waals surface area contributed by atoms with Crippen molar-refractivity contribution in [2.45, 2.75) is 13.5 Å². The second-order valence-electron chi connectivity index (χ2n) is 6.16. The molecule has 0 radical (unpaired) electrons. The Morgan fingerprint density at radius 2 is 1.89 bits per heavy atom. The Morgan fingerprint density at radius 3 is 2.56 bits per heavy atom. The van der Waals surface area contributed by atoms with E-state index in [1.165, 1.54) is 0 Å². The molecule has 1 aliphatic heterocycles. The zero-order valence-corrected chi connectivity index (χ0v) is 17.1. The van der Waals surface area contributed by atoms with Crippen molar-refractivity contribution in [2.75, 3.05) is 50.2 Å². The number of hydrogen-bond donors (Lipinski definition) is 1. The second-order valence-corrected chi connectivity index (χ2v) is 6.98. The summed E-state index contributed by atoms with van der Waals surface area (Å²) in [6.45, 7) is 6.25. The normalized spacial score (nSPS) is 14.1. The van der Waals surface area contributed by atoms with Crippen LogP contribution in [-0.2, 0) is 11.3 Å². The van der Waals surface area contributed by atoms with Crippen molar-refractivity contribution in [3.05, 3.63) is 45.9 Å². The average molecular weight is 411 g/mol. The molecular weight excluding hydrogens is 387 g/mol. The minimum absolute atomic E-state index is 0.529. The predicted octanol–water partition coefficient (Wildman–Crippen LogP) is 4.85. The van der Waals surface area contributed by atoms with Gasteiger partial charge in [0, 0.05) is 25.3 Å². The Balaban J connectivity index is 1.70. The first-order valence-corrected chi connectivity index (χ1v) is 9.73. The zero-order valence-electron chi connectivity index (χ0n) is 15.6. The lowest BCUT2D eigenvalue weighted by molar-refractivity contribution is 0.122. The first-order valence-electron chi connectivity index (χ1n) is 8.97. The van der Waals surface area contributed by atoms with E-state index in [1.54, 1.807) is 7.11 Å². The average Bonchev–Trinajstić information content (AvgIpc) is 2.67. The van der Waals surface area contributed by atoms with E-state index in [1.807, 2.05) is 37.3 Å². The first kappa shape index (κ1) is 19.9. The van der Waals surface area contributed by atoms with Crippen molar-refractivity contribution in [2.24, 2.45) is 0 Å². The van der Waals surface area contributed by atoms with Gasteiger partial charge in [-0.2, -0.15) is 0 Å². The van der Waals surface area contributed by atoms with Gasteiger partial charge in [-0.25, -0.2) is 0 Å². The topological polar surface area (TPSA) is 43.0 Å². The van der Waals surface area contributed by atoms with Crippen molar-refractivity contribution in [1.82, 2.24) is 0 Å². The SMILES string of the molecule is CCOc1cc(CNc2ccc(N3CCOCC3)c(Cl)c2)cc(Cl)c1OC. The molecule has 0 aliphatic carbocycles. The second kappa shape index (κ2) is 9.40. The molecule has 7 heteroatoms. The highest BCUT2D eigenvalue weighted by Gasteiger charge is 2.15.